The maximum absolute atomic E-state index is 12.2. The second-order valence-corrected chi connectivity index (χ2v) is 7.03. The molecule has 5 heteroatoms. The molecule has 0 radical (unpaired) electrons. The number of nitrogens with one attached hydrogen (secondary N) is 1. The van der Waals surface area contributed by atoms with Crippen LogP contribution in [0.4, 0.5) is 0 Å². The van der Waals surface area contributed by atoms with Gasteiger partial charge in [0.15, 0.2) is 0 Å². The van der Waals surface area contributed by atoms with E-state index in [1.54, 1.807) is 25.1 Å². The second kappa shape index (κ2) is 8.25. The quantitative estimate of drug-likeness (QED) is 0.431. The number of benzene rings is 3. The Morgan fingerprint density at radius 3 is 2.40 bits per heavy atom. The maximum atomic E-state index is 12.2. The molecule has 1 aromatic heterocycles. The van der Waals surface area contributed by atoms with Crippen LogP contribution in [0.3, 0.4) is 0 Å². The summed E-state index contributed by atoms with van der Waals surface area (Å²) < 4.78 is 5.17. The number of fused-ring (bicyclic) bond motifs is 1. The summed E-state index contributed by atoms with van der Waals surface area (Å²) >= 11 is 0. The molecule has 0 atom stereocenters. The van der Waals surface area contributed by atoms with Gasteiger partial charge in [0.2, 0.25) is 0 Å². The van der Waals surface area contributed by atoms with Crippen LogP contribution in [-0.2, 0) is 11.2 Å². The monoisotopic (exact) mass is 399 g/mol. The van der Waals surface area contributed by atoms with Gasteiger partial charge in [-0.2, -0.15) is 0 Å². The number of rotatable bonds is 6. The van der Waals surface area contributed by atoms with Gasteiger partial charge in [0.25, 0.3) is 0 Å². The van der Waals surface area contributed by atoms with E-state index in [1.165, 1.54) is 0 Å². The van der Waals surface area contributed by atoms with Crippen LogP contribution < -0.4 is 0 Å². The number of carbonyl (C=O) groups is 2. The Morgan fingerprint density at radius 1 is 0.933 bits per heavy atom. The van der Waals surface area contributed by atoms with Crippen molar-refractivity contribution in [2.24, 2.45) is 0 Å². The fourth-order valence-corrected chi connectivity index (χ4v) is 3.56. The average Bonchev–Trinajstić information content (AvgIpc) is 3.15. The minimum absolute atomic E-state index is 0.268. The van der Waals surface area contributed by atoms with E-state index in [2.05, 4.69) is 17.1 Å². The van der Waals surface area contributed by atoms with E-state index in [1.807, 2.05) is 42.5 Å². The number of carbonyl (C=O) groups excluding carboxylic acids is 1. The summed E-state index contributed by atoms with van der Waals surface area (Å²) in [4.78, 5) is 26.7. The highest BCUT2D eigenvalue weighted by Crippen LogP contribution is 2.26. The zero-order chi connectivity index (χ0) is 21.1. The smallest absolute Gasteiger partial charge is 0.338 e. The number of carboxylic acids is 1. The molecule has 0 spiro atoms. The summed E-state index contributed by atoms with van der Waals surface area (Å²) in [5, 5.41) is 10.1. The van der Waals surface area contributed by atoms with Crippen molar-refractivity contribution in [1.29, 1.82) is 0 Å². The predicted molar refractivity (Wildman–Crippen MR) is 116 cm³/mol. The molecule has 150 valence electrons. The Bertz CT molecular complexity index is 1220. The molecule has 0 aliphatic heterocycles. The molecule has 30 heavy (non-hydrogen) atoms. The van der Waals surface area contributed by atoms with E-state index in [0.717, 1.165) is 33.3 Å². The van der Waals surface area contributed by atoms with Gasteiger partial charge in [-0.15, -0.1) is 0 Å². The molecule has 0 saturated heterocycles. The molecular weight excluding hydrogens is 378 g/mol. The maximum Gasteiger partial charge on any atom is 0.338 e. The van der Waals surface area contributed by atoms with Crippen molar-refractivity contribution in [3.05, 3.63) is 95.2 Å². The highest BCUT2D eigenvalue weighted by atomic mass is 16.5. The van der Waals surface area contributed by atoms with Gasteiger partial charge >= 0.3 is 11.9 Å². The molecule has 0 saturated carbocycles. The van der Waals surface area contributed by atoms with Crippen LogP contribution in [-0.4, -0.2) is 28.6 Å². The lowest BCUT2D eigenvalue weighted by molar-refractivity contribution is 0.0524. The second-order valence-electron chi connectivity index (χ2n) is 7.03. The molecule has 3 aromatic carbocycles. The van der Waals surface area contributed by atoms with Crippen molar-refractivity contribution in [2.45, 2.75) is 13.3 Å². The van der Waals surface area contributed by atoms with Crippen LogP contribution in [0.15, 0.2) is 72.8 Å². The van der Waals surface area contributed by atoms with E-state index in [4.69, 9.17) is 9.84 Å². The third-order valence-electron chi connectivity index (χ3n) is 5.04. The standard InChI is InChI=1S/C25H21NO4/c1-2-30-25(29)22-6-4-3-5-19(22)14-21-15-20-13-18(11-12-23(20)26-21)16-7-9-17(10-8-16)24(27)28/h3-13,15,26H,2,14H2,1H3,(H,27,28). The van der Waals surface area contributed by atoms with Crippen LogP contribution in [0.2, 0.25) is 0 Å². The van der Waals surface area contributed by atoms with E-state index in [9.17, 15) is 9.59 Å². The normalized spacial score (nSPS) is 10.8. The van der Waals surface area contributed by atoms with Crippen molar-refractivity contribution < 1.29 is 19.4 Å². The lowest BCUT2D eigenvalue weighted by atomic mass is 10.0. The number of carboxylic acid groups (broad SMARTS) is 1. The average molecular weight is 399 g/mol. The summed E-state index contributed by atoms with van der Waals surface area (Å²) in [7, 11) is 0. The number of aromatic carboxylic acids is 1. The lowest BCUT2D eigenvalue weighted by Crippen LogP contribution is -2.08. The number of esters is 1. The van der Waals surface area contributed by atoms with Crippen LogP contribution >= 0.6 is 0 Å². The van der Waals surface area contributed by atoms with Crippen LogP contribution in [0.25, 0.3) is 22.0 Å². The highest BCUT2D eigenvalue weighted by molar-refractivity contribution is 5.92. The Hall–Kier alpha value is -3.86. The molecule has 2 N–H and O–H groups in total. The summed E-state index contributed by atoms with van der Waals surface area (Å²) in [5.74, 6) is -1.24. The molecule has 0 bridgehead atoms. The molecule has 0 aliphatic rings. The first-order valence-electron chi connectivity index (χ1n) is 9.75. The SMILES string of the molecule is CCOC(=O)c1ccccc1Cc1cc2cc(-c3ccc(C(=O)O)cc3)ccc2[nH]1. The minimum Gasteiger partial charge on any atom is -0.478 e. The number of aromatic nitrogens is 1. The van der Waals surface area contributed by atoms with Crippen LogP contribution in [0.1, 0.15) is 38.9 Å². The highest BCUT2D eigenvalue weighted by Gasteiger charge is 2.13. The molecule has 5 nitrogen and oxygen atoms in total. The molecule has 0 fully saturated rings. The van der Waals surface area contributed by atoms with Crippen LogP contribution in [0.5, 0.6) is 0 Å². The molecular formula is C25H21NO4. The molecule has 0 aliphatic carbocycles. The van der Waals surface area contributed by atoms with Gasteiger partial charge in [-0.3, -0.25) is 0 Å². The van der Waals surface area contributed by atoms with Gasteiger partial charge in [-0.25, -0.2) is 9.59 Å². The van der Waals surface area contributed by atoms with E-state index < -0.39 is 5.97 Å². The molecule has 1 heterocycles. The number of aromatic amines is 1. The van der Waals surface area contributed by atoms with Gasteiger partial charge in [0.1, 0.15) is 0 Å². The lowest BCUT2D eigenvalue weighted by Gasteiger charge is -2.07. The first-order valence-corrected chi connectivity index (χ1v) is 9.75. The van der Waals surface area contributed by atoms with Gasteiger partial charge in [-0.05, 0) is 60.0 Å². The van der Waals surface area contributed by atoms with Crippen molar-refractivity contribution in [1.82, 2.24) is 4.98 Å². The summed E-state index contributed by atoms with van der Waals surface area (Å²) in [6.07, 6.45) is 0.590. The third-order valence-corrected chi connectivity index (χ3v) is 5.04. The zero-order valence-electron chi connectivity index (χ0n) is 16.5. The Kier molecular flexibility index (Phi) is 5.35. The predicted octanol–water partition coefficient (Wildman–Crippen LogP) is 5.30. The minimum atomic E-state index is -0.935. The van der Waals surface area contributed by atoms with Crippen molar-refractivity contribution in [2.75, 3.05) is 6.61 Å². The van der Waals surface area contributed by atoms with Gasteiger partial charge in [-0.1, -0.05) is 36.4 Å². The van der Waals surface area contributed by atoms with E-state index in [-0.39, 0.29) is 11.5 Å². The largest absolute Gasteiger partial charge is 0.478 e. The van der Waals surface area contributed by atoms with Crippen molar-refractivity contribution in [3.8, 4) is 11.1 Å². The fraction of sp³-hybridized carbons (Fsp3) is 0.120. The Labute approximate surface area is 173 Å². The van der Waals surface area contributed by atoms with E-state index in [0.29, 0.717) is 18.6 Å². The fourth-order valence-electron chi connectivity index (χ4n) is 3.56. The first-order chi connectivity index (χ1) is 14.5. The molecule has 4 rings (SSSR count). The Balaban J connectivity index is 1.62. The summed E-state index contributed by atoms with van der Waals surface area (Å²) in [6, 6.07) is 22.5. The molecule has 0 unspecified atom stereocenters. The van der Waals surface area contributed by atoms with Crippen molar-refractivity contribution >= 4 is 22.8 Å². The van der Waals surface area contributed by atoms with E-state index >= 15 is 0 Å². The molecule has 4 aromatic rings. The number of hydrogen-bond donors (Lipinski definition) is 2. The number of H-pyrrole nitrogens is 1. The Morgan fingerprint density at radius 2 is 1.67 bits per heavy atom. The third kappa shape index (κ3) is 3.96. The zero-order valence-corrected chi connectivity index (χ0v) is 16.5. The first kappa shape index (κ1) is 19.5. The van der Waals surface area contributed by atoms with Crippen molar-refractivity contribution in [3.63, 3.8) is 0 Å². The van der Waals surface area contributed by atoms with Gasteiger partial charge < -0.3 is 14.8 Å². The van der Waals surface area contributed by atoms with Crippen LogP contribution in [0, 0.1) is 0 Å². The molecule has 0 amide bonds. The number of ether oxygens (including phenoxy) is 1. The van der Waals surface area contributed by atoms with Gasteiger partial charge in [0, 0.05) is 23.0 Å². The topological polar surface area (TPSA) is 79.4 Å². The summed E-state index contributed by atoms with van der Waals surface area (Å²) in [6.45, 7) is 2.14. The summed E-state index contributed by atoms with van der Waals surface area (Å²) in [5.41, 5.74) is 5.73. The number of hydrogen-bond acceptors (Lipinski definition) is 3. The van der Waals surface area contributed by atoms with Gasteiger partial charge in [0.05, 0.1) is 17.7 Å².